The standard InChI is InChI=1S/C27H21N3O5S/c1-3-16-9-12-20-21(13-16)36-27(28-20)29-23(18-5-4-6-19(14-18)30(34)35)22(25(32)26(29)33)24(31)17-10-7-15(2)8-11-17/h4-14,23,31H,3H2,1-2H3/b24-22+/t23-/m0/s1. The van der Waals surface area contributed by atoms with Gasteiger partial charge in [-0.25, -0.2) is 4.98 Å². The molecule has 1 N–H and O–H groups in total. The molecule has 3 aromatic carbocycles. The molecule has 5 rings (SSSR count). The van der Waals surface area contributed by atoms with E-state index in [-0.39, 0.29) is 22.2 Å². The average molecular weight is 500 g/mol. The number of carbonyl (C=O) groups excluding carboxylic acids is 2. The van der Waals surface area contributed by atoms with Crippen molar-refractivity contribution in [3.63, 3.8) is 0 Å². The molecule has 4 aromatic rings. The van der Waals surface area contributed by atoms with Crippen LogP contribution in [0.4, 0.5) is 10.8 Å². The van der Waals surface area contributed by atoms with Gasteiger partial charge in [0.2, 0.25) is 0 Å². The van der Waals surface area contributed by atoms with Crippen LogP contribution in [-0.2, 0) is 16.0 Å². The molecule has 2 heterocycles. The summed E-state index contributed by atoms with van der Waals surface area (Å²) in [6, 6.07) is 17.3. The molecule has 8 nitrogen and oxygen atoms in total. The number of rotatable bonds is 5. The molecule has 1 aliphatic rings. The van der Waals surface area contributed by atoms with Crippen LogP contribution >= 0.6 is 11.3 Å². The number of nitro benzene ring substituents is 1. The number of nitro groups is 1. The van der Waals surface area contributed by atoms with Crippen LogP contribution < -0.4 is 4.90 Å². The van der Waals surface area contributed by atoms with Gasteiger partial charge in [0, 0.05) is 17.7 Å². The average Bonchev–Trinajstić information content (AvgIpc) is 3.41. The van der Waals surface area contributed by atoms with Crippen molar-refractivity contribution in [1.29, 1.82) is 0 Å². The number of carbonyl (C=O) groups is 2. The van der Waals surface area contributed by atoms with E-state index in [4.69, 9.17) is 0 Å². The minimum atomic E-state index is -1.09. The first kappa shape index (κ1) is 23.4. The zero-order chi connectivity index (χ0) is 25.6. The molecule has 0 radical (unpaired) electrons. The predicted octanol–water partition coefficient (Wildman–Crippen LogP) is 5.70. The van der Waals surface area contributed by atoms with Crippen molar-refractivity contribution in [2.75, 3.05) is 4.90 Å². The van der Waals surface area contributed by atoms with Crippen LogP contribution in [0.15, 0.2) is 72.3 Å². The molecular formula is C27H21N3O5S. The molecule has 1 aliphatic heterocycles. The summed E-state index contributed by atoms with van der Waals surface area (Å²) in [7, 11) is 0. The van der Waals surface area contributed by atoms with Gasteiger partial charge in [-0.2, -0.15) is 0 Å². The number of hydrogen-bond acceptors (Lipinski definition) is 7. The van der Waals surface area contributed by atoms with Crippen molar-refractivity contribution in [3.8, 4) is 0 Å². The highest BCUT2D eigenvalue weighted by molar-refractivity contribution is 7.22. The van der Waals surface area contributed by atoms with E-state index in [0.29, 0.717) is 16.6 Å². The van der Waals surface area contributed by atoms with E-state index in [2.05, 4.69) is 4.98 Å². The van der Waals surface area contributed by atoms with E-state index in [0.717, 1.165) is 22.2 Å². The largest absolute Gasteiger partial charge is 0.507 e. The number of benzene rings is 3. The number of aryl methyl sites for hydroxylation is 2. The molecule has 9 heteroatoms. The van der Waals surface area contributed by atoms with Crippen LogP contribution in [0.5, 0.6) is 0 Å². The summed E-state index contributed by atoms with van der Waals surface area (Å²) in [6.45, 7) is 3.93. The number of thiazole rings is 1. The second-order valence-electron chi connectivity index (χ2n) is 8.54. The van der Waals surface area contributed by atoms with Gasteiger partial charge in [-0.1, -0.05) is 66.3 Å². The lowest BCUT2D eigenvalue weighted by Gasteiger charge is -2.22. The zero-order valence-corrected chi connectivity index (χ0v) is 20.3. The van der Waals surface area contributed by atoms with Gasteiger partial charge in [-0.3, -0.25) is 24.6 Å². The normalized spacial score (nSPS) is 17.2. The van der Waals surface area contributed by atoms with E-state index >= 15 is 0 Å². The predicted molar refractivity (Wildman–Crippen MR) is 138 cm³/mol. The summed E-state index contributed by atoms with van der Waals surface area (Å²) < 4.78 is 0.850. The summed E-state index contributed by atoms with van der Waals surface area (Å²) >= 11 is 1.25. The van der Waals surface area contributed by atoms with Crippen molar-refractivity contribution in [1.82, 2.24) is 4.98 Å². The Kier molecular flexibility index (Phi) is 5.85. The maximum Gasteiger partial charge on any atom is 0.301 e. The van der Waals surface area contributed by atoms with E-state index in [9.17, 15) is 24.8 Å². The lowest BCUT2D eigenvalue weighted by molar-refractivity contribution is -0.384. The lowest BCUT2D eigenvalue weighted by atomic mass is 9.95. The molecule has 1 atom stereocenters. The third-order valence-corrected chi connectivity index (χ3v) is 7.24. The number of ketones is 1. The first-order chi connectivity index (χ1) is 17.3. The monoisotopic (exact) mass is 499 g/mol. The number of Topliss-reactive ketones (excluding diaryl/α,β-unsaturated/α-hetero) is 1. The molecular weight excluding hydrogens is 478 g/mol. The number of nitrogens with zero attached hydrogens (tertiary/aromatic N) is 3. The Balaban J connectivity index is 1.74. The minimum Gasteiger partial charge on any atom is -0.507 e. The highest BCUT2D eigenvalue weighted by Crippen LogP contribution is 2.44. The summed E-state index contributed by atoms with van der Waals surface area (Å²) in [5.41, 5.74) is 3.10. The number of non-ortho nitro benzene ring substituents is 1. The summed E-state index contributed by atoms with van der Waals surface area (Å²) in [5.74, 6) is -2.07. The van der Waals surface area contributed by atoms with Crippen LogP contribution in [0.1, 0.15) is 35.2 Å². The minimum absolute atomic E-state index is 0.141. The number of aliphatic hydroxyl groups excluding tert-OH is 1. The number of aliphatic hydroxyl groups is 1. The molecule has 0 unspecified atom stereocenters. The van der Waals surface area contributed by atoms with Crippen LogP contribution in [0, 0.1) is 17.0 Å². The van der Waals surface area contributed by atoms with Gasteiger partial charge in [0.1, 0.15) is 5.76 Å². The van der Waals surface area contributed by atoms with Gasteiger partial charge < -0.3 is 5.11 Å². The Morgan fingerprint density at radius 2 is 1.86 bits per heavy atom. The molecule has 1 fully saturated rings. The van der Waals surface area contributed by atoms with Gasteiger partial charge in [0.15, 0.2) is 5.13 Å². The Morgan fingerprint density at radius 3 is 2.56 bits per heavy atom. The van der Waals surface area contributed by atoms with Gasteiger partial charge in [-0.15, -0.1) is 0 Å². The van der Waals surface area contributed by atoms with E-state index < -0.39 is 22.7 Å². The molecule has 180 valence electrons. The van der Waals surface area contributed by atoms with Crippen LogP contribution in [-0.4, -0.2) is 26.7 Å². The maximum atomic E-state index is 13.4. The number of hydrogen-bond donors (Lipinski definition) is 1. The number of aromatic nitrogens is 1. The molecule has 0 saturated carbocycles. The molecule has 1 saturated heterocycles. The van der Waals surface area contributed by atoms with Gasteiger partial charge in [0.05, 0.1) is 26.8 Å². The Labute approximate surface area is 210 Å². The van der Waals surface area contributed by atoms with E-state index in [1.165, 1.54) is 34.4 Å². The molecule has 1 aromatic heterocycles. The van der Waals surface area contributed by atoms with E-state index in [1.807, 2.05) is 32.0 Å². The fraction of sp³-hybridized carbons (Fsp3) is 0.148. The van der Waals surface area contributed by atoms with Crippen molar-refractivity contribution in [2.45, 2.75) is 26.3 Å². The second kappa shape index (κ2) is 9.01. The maximum absolute atomic E-state index is 13.4. The SMILES string of the molecule is CCc1ccc2nc(N3C(=O)C(=O)/C(=C(/O)c4ccc(C)cc4)[C@@H]3c3cccc([N+](=O)[O-])c3)sc2c1. The topological polar surface area (TPSA) is 114 Å². The summed E-state index contributed by atoms with van der Waals surface area (Å²) in [6.07, 6.45) is 0.831. The van der Waals surface area contributed by atoms with Crippen LogP contribution in [0.3, 0.4) is 0 Å². The first-order valence-electron chi connectivity index (χ1n) is 11.3. The molecule has 0 bridgehead atoms. The highest BCUT2D eigenvalue weighted by atomic mass is 32.1. The Bertz CT molecular complexity index is 1570. The third-order valence-electron chi connectivity index (χ3n) is 6.22. The van der Waals surface area contributed by atoms with Crippen molar-refractivity contribution in [3.05, 3.63) is 105 Å². The van der Waals surface area contributed by atoms with E-state index in [1.54, 1.807) is 30.3 Å². The quantitative estimate of drug-likeness (QED) is 0.124. The fourth-order valence-corrected chi connectivity index (χ4v) is 5.36. The summed E-state index contributed by atoms with van der Waals surface area (Å²) in [5, 5.41) is 23.0. The summed E-state index contributed by atoms with van der Waals surface area (Å²) in [4.78, 5) is 43.5. The number of amides is 1. The van der Waals surface area contributed by atoms with Crippen LogP contribution in [0.2, 0.25) is 0 Å². The van der Waals surface area contributed by atoms with Crippen molar-refractivity contribution >= 4 is 49.8 Å². The third kappa shape index (κ3) is 3.93. The van der Waals surface area contributed by atoms with Crippen LogP contribution in [0.25, 0.3) is 16.0 Å². The second-order valence-corrected chi connectivity index (χ2v) is 9.55. The van der Waals surface area contributed by atoms with Gasteiger partial charge in [0.25, 0.3) is 11.5 Å². The smallest absolute Gasteiger partial charge is 0.301 e. The lowest BCUT2D eigenvalue weighted by Crippen LogP contribution is -2.29. The van der Waals surface area contributed by atoms with Crippen molar-refractivity contribution < 1.29 is 19.6 Å². The number of fused-ring (bicyclic) bond motifs is 1. The number of anilines is 1. The Morgan fingerprint density at radius 1 is 1.11 bits per heavy atom. The fourth-order valence-electron chi connectivity index (χ4n) is 4.30. The first-order valence-corrected chi connectivity index (χ1v) is 12.1. The molecule has 36 heavy (non-hydrogen) atoms. The van der Waals surface area contributed by atoms with Crippen molar-refractivity contribution in [2.24, 2.45) is 0 Å². The molecule has 1 amide bonds. The highest BCUT2D eigenvalue weighted by Gasteiger charge is 2.48. The molecule has 0 aliphatic carbocycles. The zero-order valence-electron chi connectivity index (χ0n) is 19.5. The van der Waals surface area contributed by atoms with Gasteiger partial charge >= 0.3 is 5.91 Å². The molecule has 0 spiro atoms. The van der Waals surface area contributed by atoms with Gasteiger partial charge in [-0.05, 0) is 36.6 Å². The Hall–Kier alpha value is -4.37.